The summed E-state index contributed by atoms with van der Waals surface area (Å²) in [6, 6.07) is 0. The summed E-state index contributed by atoms with van der Waals surface area (Å²) in [7, 11) is -6.76. The van der Waals surface area contributed by atoms with Gasteiger partial charge in [-0.15, -0.1) is 0 Å². The minimum atomic E-state index is -3.64. The molecule has 0 spiro atoms. The predicted octanol–water partition coefficient (Wildman–Crippen LogP) is -0.648. The summed E-state index contributed by atoms with van der Waals surface area (Å²) in [6.45, 7) is 1.89. The fourth-order valence-electron chi connectivity index (χ4n) is 2.14. The van der Waals surface area contributed by atoms with E-state index in [0.717, 1.165) is 4.31 Å². The Hall–Kier alpha value is -0.870. The van der Waals surface area contributed by atoms with Gasteiger partial charge in [-0.25, -0.2) is 16.8 Å². The lowest BCUT2D eigenvalue weighted by atomic mass is 10.2. The molecular weight excluding hydrogens is 306 g/mol. The summed E-state index contributed by atoms with van der Waals surface area (Å²) in [5, 5.41) is 10.6. The first-order valence-electron chi connectivity index (χ1n) is 6.38. The molecule has 3 N–H and O–H groups in total. The Kier molecular flexibility index (Phi) is 5.78. The van der Waals surface area contributed by atoms with Crippen LogP contribution in [0.25, 0.3) is 0 Å². The Morgan fingerprint density at radius 2 is 1.95 bits per heavy atom. The molecule has 1 aliphatic heterocycles. The summed E-state index contributed by atoms with van der Waals surface area (Å²) in [5.74, 6) is -0.411. The maximum Gasteiger partial charge on any atom is 0.217 e. The number of rotatable bonds is 6. The van der Waals surface area contributed by atoms with Gasteiger partial charge in [0.1, 0.15) is 9.84 Å². The zero-order valence-electron chi connectivity index (χ0n) is 11.4. The second-order valence-corrected chi connectivity index (χ2v) is 9.34. The minimum absolute atomic E-state index is 0.0983. The summed E-state index contributed by atoms with van der Waals surface area (Å²) in [5.41, 5.74) is 5.37. The van der Waals surface area contributed by atoms with Crippen LogP contribution in [0.1, 0.15) is 26.2 Å². The third-order valence-corrected chi connectivity index (χ3v) is 7.28. The van der Waals surface area contributed by atoms with Gasteiger partial charge in [0.2, 0.25) is 10.0 Å². The van der Waals surface area contributed by atoms with Gasteiger partial charge in [-0.05, 0) is 19.3 Å². The van der Waals surface area contributed by atoms with E-state index in [0.29, 0.717) is 6.42 Å². The number of oxime groups is 1. The lowest BCUT2D eigenvalue weighted by Crippen LogP contribution is -2.46. The van der Waals surface area contributed by atoms with E-state index in [1.54, 1.807) is 0 Å². The summed E-state index contributed by atoms with van der Waals surface area (Å²) >= 11 is 0. The van der Waals surface area contributed by atoms with Crippen molar-refractivity contribution < 1.29 is 22.0 Å². The number of hydrogen-bond donors (Lipinski definition) is 2. The number of amidine groups is 1. The van der Waals surface area contributed by atoms with E-state index >= 15 is 0 Å². The lowest BCUT2D eigenvalue weighted by molar-refractivity contribution is 0.314. The highest BCUT2D eigenvalue weighted by Gasteiger charge is 2.36. The first-order valence-corrected chi connectivity index (χ1v) is 9.71. The zero-order valence-corrected chi connectivity index (χ0v) is 13.0. The summed E-state index contributed by atoms with van der Waals surface area (Å²) < 4.78 is 48.8. The molecule has 1 fully saturated rings. The summed E-state index contributed by atoms with van der Waals surface area (Å²) in [4.78, 5) is 0. The molecule has 0 aliphatic carbocycles. The molecule has 1 heterocycles. The zero-order chi connectivity index (χ0) is 15.4. The SMILES string of the molecule is CCCN(CC(N)=NO)S(=O)(=O)C1CCS(=O)(=O)CC1. The second kappa shape index (κ2) is 6.72. The van der Waals surface area contributed by atoms with Crippen LogP contribution < -0.4 is 5.73 Å². The van der Waals surface area contributed by atoms with Crippen molar-refractivity contribution in [1.82, 2.24) is 4.31 Å². The number of hydrogen-bond acceptors (Lipinski definition) is 6. The Bertz CT molecular complexity index is 541. The van der Waals surface area contributed by atoms with Crippen molar-refractivity contribution in [3.05, 3.63) is 0 Å². The number of nitrogens with two attached hydrogens (primary N) is 1. The van der Waals surface area contributed by atoms with Crippen LogP contribution in [0.2, 0.25) is 0 Å². The molecule has 0 atom stereocenters. The minimum Gasteiger partial charge on any atom is -0.409 e. The van der Waals surface area contributed by atoms with Gasteiger partial charge in [0, 0.05) is 6.54 Å². The maximum atomic E-state index is 12.5. The highest BCUT2D eigenvalue weighted by molar-refractivity contribution is 7.92. The van der Waals surface area contributed by atoms with Crippen molar-refractivity contribution in [2.75, 3.05) is 24.6 Å². The van der Waals surface area contributed by atoms with Crippen LogP contribution in [0, 0.1) is 0 Å². The molecule has 0 aromatic heterocycles. The molecule has 1 rings (SSSR count). The van der Waals surface area contributed by atoms with Crippen LogP contribution in [0.3, 0.4) is 0 Å². The molecule has 0 aromatic carbocycles. The molecule has 118 valence electrons. The van der Waals surface area contributed by atoms with Crippen molar-refractivity contribution in [2.45, 2.75) is 31.4 Å². The van der Waals surface area contributed by atoms with Gasteiger partial charge in [0.05, 0.1) is 23.3 Å². The molecule has 1 aliphatic rings. The second-order valence-electron chi connectivity index (χ2n) is 4.82. The van der Waals surface area contributed by atoms with E-state index in [2.05, 4.69) is 5.16 Å². The highest BCUT2D eigenvalue weighted by atomic mass is 32.2. The van der Waals surface area contributed by atoms with Crippen molar-refractivity contribution in [3.8, 4) is 0 Å². The van der Waals surface area contributed by atoms with Crippen LogP contribution in [0.5, 0.6) is 0 Å². The molecule has 1 saturated heterocycles. The molecule has 0 saturated carbocycles. The van der Waals surface area contributed by atoms with Gasteiger partial charge in [-0.1, -0.05) is 12.1 Å². The first kappa shape index (κ1) is 17.2. The van der Waals surface area contributed by atoms with Crippen molar-refractivity contribution in [3.63, 3.8) is 0 Å². The molecule has 0 radical (unpaired) electrons. The smallest absolute Gasteiger partial charge is 0.217 e. The van der Waals surface area contributed by atoms with E-state index in [9.17, 15) is 16.8 Å². The monoisotopic (exact) mass is 327 g/mol. The molecular formula is C10H21N3O5S2. The lowest BCUT2D eigenvalue weighted by Gasteiger charge is -2.29. The number of nitrogens with zero attached hydrogens (tertiary/aromatic N) is 2. The normalized spacial score (nSPS) is 21.2. The molecule has 0 amide bonds. The van der Waals surface area contributed by atoms with Crippen LogP contribution >= 0.6 is 0 Å². The number of sulfonamides is 1. The average Bonchev–Trinajstić information content (AvgIpc) is 2.37. The van der Waals surface area contributed by atoms with E-state index < -0.39 is 25.1 Å². The van der Waals surface area contributed by atoms with Gasteiger partial charge < -0.3 is 10.9 Å². The predicted molar refractivity (Wildman–Crippen MR) is 75.9 cm³/mol. The van der Waals surface area contributed by atoms with E-state index in [4.69, 9.17) is 10.9 Å². The molecule has 0 bridgehead atoms. The molecule has 0 aromatic rings. The van der Waals surface area contributed by atoms with Crippen LogP contribution in [0.4, 0.5) is 0 Å². The topological polar surface area (TPSA) is 130 Å². The fourth-order valence-corrected chi connectivity index (χ4v) is 5.93. The highest BCUT2D eigenvalue weighted by Crippen LogP contribution is 2.22. The van der Waals surface area contributed by atoms with Gasteiger partial charge in [-0.2, -0.15) is 4.31 Å². The van der Waals surface area contributed by atoms with Crippen molar-refractivity contribution in [1.29, 1.82) is 0 Å². The third-order valence-electron chi connectivity index (χ3n) is 3.22. The molecule has 20 heavy (non-hydrogen) atoms. The summed E-state index contributed by atoms with van der Waals surface area (Å²) in [6.07, 6.45) is 0.783. The fraction of sp³-hybridized carbons (Fsp3) is 0.900. The molecule has 10 heteroatoms. The van der Waals surface area contributed by atoms with Gasteiger partial charge in [-0.3, -0.25) is 0 Å². The van der Waals surface area contributed by atoms with Gasteiger partial charge in [0.25, 0.3) is 0 Å². The van der Waals surface area contributed by atoms with E-state index in [-0.39, 0.29) is 43.3 Å². The van der Waals surface area contributed by atoms with Gasteiger partial charge in [0.15, 0.2) is 5.84 Å². The Labute approximate surface area is 119 Å². The van der Waals surface area contributed by atoms with Crippen LogP contribution in [0.15, 0.2) is 5.16 Å². The third kappa shape index (κ3) is 4.32. The van der Waals surface area contributed by atoms with Gasteiger partial charge >= 0.3 is 0 Å². The Morgan fingerprint density at radius 1 is 1.40 bits per heavy atom. The quantitative estimate of drug-likeness (QED) is 0.288. The Morgan fingerprint density at radius 3 is 2.40 bits per heavy atom. The van der Waals surface area contributed by atoms with Crippen LogP contribution in [-0.2, 0) is 19.9 Å². The van der Waals surface area contributed by atoms with E-state index in [1.807, 2.05) is 6.92 Å². The van der Waals surface area contributed by atoms with Crippen LogP contribution in [-0.4, -0.2) is 62.0 Å². The standard InChI is InChI=1S/C10H21N3O5S2/c1-2-5-13(8-10(11)12-14)20(17,18)9-3-6-19(15,16)7-4-9/h9,14H,2-8H2,1H3,(H2,11,12). The average molecular weight is 327 g/mol. The largest absolute Gasteiger partial charge is 0.409 e. The maximum absolute atomic E-state index is 12.5. The molecule has 0 unspecified atom stereocenters. The molecule has 8 nitrogen and oxygen atoms in total. The van der Waals surface area contributed by atoms with Crippen molar-refractivity contribution >= 4 is 25.7 Å². The first-order chi connectivity index (χ1) is 9.23. The number of sulfone groups is 1. The Balaban J connectivity index is 2.88. The van der Waals surface area contributed by atoms with E-state index in [1.165, 1.54) is 0 Å². The van der Waals surface area contributed by atoms with Crippen molar-refractivity contribution in [2.24, 2.45) is 10.9 Å².